The number of hydrogen-bond donors (Lipinski definition) is 0. The number of rotatable bonds is 3. The number of hydrogen-bond acceptors (Lipinski definition) is 2. The molecule has 0 amide bonds. The van der Waals surface area contributed by atoms with E-state index in [1.807, 2.05) is 0 Å². The summed E-state index contributed by atoms with van der Waals surface area (Å²) in [5.41, 5.74) is 0.983. The van der Waals surface area contributed by atoms with E-state index >= 15 is 0 Å². The van der Waals surface area contributed by atoms with Crippen molar-refractivity contribution in [3.05, 3.63) is 21.4 Å². The molecule has 1 aromatic heterocycles. The predicted molar refractivity (Wildman–Crippen MR) is 73.9 cm³/mol. The molecule has 0 bridgehead atoms. The molecule has 2 rings (SSSR count). The summed E-state index contributed by atoms with van der Waals surface area (Å²) in [6.07, 6.45) is 8.65. The van der Waals surface area contributed by atoms with Gasteiger partial charge in [0.15, 0.2) is 5.78 Å². The van der Waals surface area contributed by atoms with Crippen molar-refractivity contribution in [1.29, 1.82) is 0 Å². The van der Waals surface area contributed by atoms with Gasteiger partial charge in [-0.1, -0.05) is 38.5 Å². The molecule has 1 heterocycles. The van der Waals surface area contributed by atoms with Crippen LogP contribution in [0.25, 0.3) is 0 Å². The smallest absolute Gasteiger partial charge is 0.164 e. The van der Waals surface area contributed by atoms with Crippen LogP contribution in [0.15, 0.2) is 6.07 Å². The van der Waals surface area contributed by atoms with E-state index < -0.39 is 0 Å². The van der Waals surface area contributed by atoms with Crippen LogP contribution in [0.5, 0.6) is 0 Å². The molecule has 0 atom stereocenters. The highest BCUT2D eigenvalue weighted by Gasteiger charge is 2.19. The highest BCUT2D eigenvalue weighted by Crippen LogP contribution is 2.29. The van der Waals surface area contributed by atoms with Gasteiger partial charge in [0, 0.05) is 21.7 Å². The summed E-state index contributed by atoms with van der Waals surface area (Å²) in [6, 6.07) is 2.07. The summed E-state index contributed by atoms with van der Waals surface area (Å²) < 4.78 is 0. The molecule has 1 aliphatic rings. The third kappa shape index (κ3) is 3.41. The Labute approximate surface area is 108 Å². The minimum absolute atomic E-state index is 0.374. The van der Waals surface area contributed by atoms with Crippen molar-refractivity contribution in [3.63, 3.8) is 0 Å². The topological polar surface area (TPSA) is 17.1 Å². The maximum atomic E-state index is 12.3. The molecular weight excluding hydrogens is 228 g/mol. The van der Waals surface area contributed by atoms with Crippen LogP contribution in [-0.2, 0) is 0 Å². The van der Waals surface area contributed by atoms with E-state index in [-0.39, 0.29) is 0 Å². The monoisotopic (exact) mass is 250 g/mol. The van der Waals surface area contributed by atoms with Gasteiger partial charge >= 0.3 is 0 Å². The highest BCUT2D eigenvalue weighted by atomic mass is 32.1. The Morgan fingerprint density at radius 3 is 2.41 bits per heavy atom. The fourth-order valence-electron chi connectivity index (χ4n) is 2.85. The maximum Gasteiger partial charge on any atom is 0.164 e. The van der Waals surface area contributed by atoms with Gasteiger partial charge in [-0.25, -0.2) is 0 Å². The van der Waals surface area contributed by atoms with Gasteiger partial charge in [-0.05, 0) is 25.8 Å². The number of Topliss-reactive ketones (excluding diaryl/α,β-unsaturated/α-hetero) is 1. The van der Waals surface area contributed by atoms with Crippen molar-refractivity contribution in [2.24, 2.45) is 5.92 Å². The zero-order valence-electron chi connectivity index (χ0n) is 10.9. The number of thiophene rings is 1. The number of carbonyl (C=O) groups excluding carboxylic acids is 1. The lowest BCUT2D eigenvalue weighted by atomic mass is 9.92. The lowest BCUT2D eigenvalue weighted by molar-refractivity contribution is 0.0957. The largest absolute Gasteiger partial charge is 0.294 e. The molecule has 0 radical (unpaired) electrons. The molecule has 17 heavy (non-hydrogen) atoms. The van der Waals surface area contributed by atoms with E-state index in [0.717, 1.165) is 12.0 Å². The number of aryl methyl sites for hydroxylation is 2. The average Bonchev–Trinajstić information content (AvgIpc) is 2.51. The van der Waals surface area contributed by atoms with Crippen molar-refractivity contribution in [2.75, 3.05) is 0 Å². The molecule has 0 aliphatic heterocycles. The molecular formula is C15H22OS. The van der Waals surface area contributed by atoms with Gasteiger partial charge in [0.2, 0.25) is 0 Å². The standard InChI is InChI=1S/C15H22OS/c1-11-9-14(12(2)17-11)15(16)10-13-7-5-3-4-6-8-13/h9,13H,3-8,10H2,1-2H3. The Kier molecular flexibility index (Phi) is 4.38. The molecule has 0 unspecified atom stereocenters. The summed E-state index contributed by atoms with van der Waals surface area (Å²) in [5.74, 6) is 1.02. The van der Waals surface area contributed by atoms with Gasteiger partial charge in [-0.2, -0.15) is 0 Å². The zero-order chi connectivity index (χ0) is 12.3. The van der Waals surface area contributed by atoms with Crippen LogP contribution in [0.3, 0.4) is 0 Å². The minimum Gasteiger partial charge on any atom is -0.294 e. The SMILES string of the molecule is Cc1cc(C(=O)CC2CCCCCC2)c(C)s1. The number of ketones is 1. The third-order valence-electron chi connectivity index (χ3n) is 3.79. The van der Waals surface area contributed by atoms with Gasteiger partial charge in [0.05, 0.1) is 0 Å². The average molecular weight is 250 g/mol. The summed E-state index contributed by atoms with van der Waals surface area (Å²) in [7, 11) is 0. The lowest BCUT2D eigenvalue weighted by Crippen LogP contribution is -2.08. The predicted octanol–water partition coefficient (Wildman–Crippen LogP) is 4.91. The Bertz CT molecular complexity index is 384. The van der Waals surface area contributed by atoms with Crippen molar-refractivity contribution >= 4 is 17.1 Å². The molecule has 2 heteroatoms. The summed E-state index contributed by atoms with van der Waals surface area (Å²) >= 11 is 1.74. The first-order chi connectivity index (χ1) is 8.16. The van der Waals surface area contributed by atoms with Crippen LogP contribution in [0.2, 0.25) is 0 Å². The summed E-state index contributed by atoms with van der Waals surface area (Å²) in [4.78, 5) is 14.7. The van der Waals surface area contributed by atoms with Crippen LogP contribution in [0.4, 0.5) is 0 Å². The van der Waals surface area contributed by atoms with Crippen molar-refractivity contribution in [1.82, 2.24) is 0 Å². The molecule has 0 saturated heterocycles. The molecule has 94 valence electrons. The van der Waals surface area contributed by atoms with E-state index in [2.05, 4.69) is 19.9 Å². The Morgan fingerprint density at radius 2 is 1.88 bits per heavy atom. The highest BCUT2D eigenvalue weighted by molar-refractivity contribution is 7.12. The van der Waals surface area contributed by atoms with E-state index in [1.54, 1.807) is 11.3 Å². The van der Waals surface area contributed by atoms with Crippen LogP contribution < -0.4 is 0 Å². The second-order valence-electron chi connectivity index (χ2n) is 5.31. The Balaban J connectivity index is 1.98. The Morgan fingerprint density at radius 1 is 1.24 bits per heavy atom. The van der Waals surface area contributed by atoms with Gasteiger partial charge in [0.25, 0.3) is 0 Å². The maximum absolute atomic E-state index is 12.3. The van der Waals surface area contributed by atoms with E-state index in [1.165, 1.54) is 48.3 Å². The summed E-state index contributed by atoms with van der Waals surface area (Å²) in [6.45, 7) is 4.15. The zero-order valence-corrected chi connectivity index (χ0v) is 11.7. The molecule has 1 aromatic rings. The molecule has 1 saturated carbocycles. The molecule has 0 N–H and O–H groups in total. The van der Waals surface area contributed by atoms with Gasteiger partial charge in [-0.3, -0.25) is 4.79 Å². The minimum atomic E-state index is 0.374. The first kappa shape index (κ1) is 12.8. The fraction of sp³-hybridized carbons (Fsp3) is 0.667. The van der Waals surface area contributed by atoms with Gasteiger partial charge < -0.3 is 0 Å². The van der Waals surface area contributed by atoms with Crippen LogP contribution in [0.1, 0.15) is 65.1 Å². The molecule has 0 spiro atoms. The molecule has 1 aliphatic carbocycles. The first-order valence-corrected chi connectivity index (χ1v) is 7.58. The second kappa shape index (κ2) is 5.81. The van der Waals surface area contributed by atoms with E-state index in [0.29, 0.717) is 11.7 Å². The second-order valence-corrected chi connectivity index (χ2v) is 6.77. The lowest BCUT2D eigenvalue weighted by Gasteiger charge is -2.12. The third-order valence-corrected chi connectivity index (χ3v) is 4.76. The Hall–Kier alpha value is -0.630. The van der Waals surface area contributed by atoms with Crippen LogP contribution in [-0.4, -0.2) is 5.78 Å². The number of carbonyl (C=O) groups is 1. The summed E-state index contributed by atoms with van der Waals surface area (Å²) in [5, 5.41) is 0. The van der Waals surface area contributed by atoms with Crippen LogP contribution >= 0.6 is 11.3 Å². The van der Waals surface area contributed by atoms with Gasteiger partial charge in [0.1, 0.15) is 0 Å². The van der Waals surface area contributed by atoms with E-state index in [9.17, 15) is 4.79 Å². The van der Waals surface area contributed by atoms with E-state index in [4.69, 9.17) is 0 Å². The van der Waals surface area contributed by atoms with Crippen molar-refractivity contribution in [2.45, 2.75) is 58.8 Å². The molecule has 0 aromatic carbocycles. The van der Waals surface area contributed by atoms with Crippen LogP contribution in [0, 0.1) is 19.8 Å². The normalized spacial score (nSPS) is 18.0. The van der Waals surface area contributed by atoms with Gasteiger partial charge in [-0.15, -0.1) is 11.3 Å². The first-order valence-electron chi connectivity index (χ1n) is 6.77. The van der Waals surface area contributed by atoms with Crippen molar-refractivity contribution in [3.8, 4) is 0 Å². The fourth-order valence-corrected chi connectivity index (χ4v) is 3.79. The molecule has 1 fully saturated rings. The molecule has 1 nitrogen and oxygen atoms in total. The quantitative estimate of drug-likeness (QED) is 0.550. The van der Waals surface area contributed by atoms with Crippen molar-refractivity contribution < 1.29 is 4.79 Å².